The van der Waals surface area contributed by atoms with E-state index in [0.717, 1.165) is 6.07 Å². The highest BCUT2D eigenvalue weighted by Crippen LogP contribution is 2.29. The molecule has 1 fully saturated rings. The Morgan fingerprint density at radius 3 is 2.50 bits per heavy atom. The van der Waals surface area contributed by atoms with Crippen LogP contribution in [0.15, 0.2) is 20.0 Å². The zero-order valence-electron chi connectivity index (χ0n) is 9.13. The van der Waals surface area contributed by atoms with Crippen LogP contribution in [0, 0.1) is 0 Å². The van der Waals surface area contributed by atoms with Gasteiger partial charge in [0.1, 0.15) is 4.90 Å². The van der Waals surface area contributed by atoms with Gasteiger partial charge in [-0.25, -0.2) is 13.2 Å². The molecule has 1 aromatic rings. The van der Waals surface area contributed by atoms with Crippen molar-refractivity contribution in [2.45, 2.75) is 4.90 Å². The number of carboxylic acids is 1. The Morgan fingerprint density at radius 1 is 1.39 bits per heavy atom. The molecule has 1 aliphatic rings. The number of aromatic carboxylic acids is 1. The summed E-state index contributed by atoms with van der Waals surface area (Å²) < 4.78 is 35.5. The number of sulfonamides is 1. The number of morpholine rings is 1. The van der Waals surface area contributed by atoms with E-state index in [1.807, 2.05) is 0 Å². The molecular formula is C9H10BrNO6S. The number of hydrogen-bond donors (Lipinski definition) is 1. The van der Waals surface area contributed by atoms with Crippen LogP contribution < -0.4 is 0 Å². The molecule has 0 aromatic carbocycles. The van der Waals surface area contributed by atoms with Crippen molar-refractivity contribution in [3.8, 4) is 0 Å². The molecule has 100 valence electrons. The number of halogens is 1. The van der Waals surface area contributed by atoms with Gasteiger partial charge < -0.3 is 14.3 Å². The minimum absolute atomic E-state index is 0.105. The number of carboxylic acid groups (broad SMARTS) is 1. The summed E-state index contributed by atoms with van der Waals surface area (Å²) in [5.41, 5.74) is 0. The normalized spacial score (nSPS) is 17.8. The van der Waals surface area contributed by atoms with Crippen molar-refractivity contribution < 1.29 is 27.5 Å². The van der Waals surface area contributed by atoms with Crippen molar-refractivity contribution in [1.29, 1.82) is 0 Å². The molecule has 2 rings (SSSR count). The largest absolute Gasteiger partial charge is 0.475 e. The molecule has 0 amide bonds. The molecule has 7 nitrogen and oxygen atoms in total. The third-order valence-electron chi connectivity index (χ3n) is 2.45. The Balaban J connectivity index is 2.37. The molecule has 1 aliphatic heterocycles. The monoisotopic (exact) mass is 339 g/mol. The van der Waals surface area contributed by atoms with Gasteiger partial charge in [0.05, 0.1) is 13.2 Å². The Hall–Kier alpha value is -0.900. The summed E-state index contributed by atoms with van der Waals surface area (Å²) in [7, 11) is -3.76. The van der Waals surface area contributed by atoms with Gasteiger partial charge in [0.15, 0.2) is 4.67 Å². The summed E-state index contributed by atoms with van der Waals surface area (Å²) in [5.74, 6) is -1.74. The lowest BCUT2D eigenvalue weighted by atomic mass is 10.5. The van der Waals surface area contributed by atoms with Gasteiger partial charge in [0.2, 0.25) is 15.8 Å². The Kier molecular flexibility index (Phi) is 3.76. The molecule has 0 unspecified atom stereocenters. The maximum Gasteiger partial charge on any atom is 0.371 e. The summed E-state index contributed by atoms with van der Waals surface area (Å²) in [5, 5.41) is 8.76. The van der Waals surface area contributed by atoms with Crippen LogP contribution >= 0.6 is 15.9 Å². The lowest BCUT2D eigenvalue weighted by Crippen LogP contribution is -2.40. The van der Waals surface area contributed by atoms with Crippen LogP contribution in [0.25, 0.3) is 0 Å². The number of carbonyl (C=O) groups is 1. The van der Waals surface area contributed by atoms with E-state index < -0.39 is 21.8 Å². The SMILES string of the molecule is O=C(O)c1cc(S(=O)(=O)N2CCOCC2)c(Br)o1. The van der Waals surface area contributed by atoms with E-state index in [1.54, 1.807) is 0 Å². The van der Waals surface area contributed by atoms with Crippen molar-refractivity contribution in [3.05, 3.63) is 16.5 Å². The zero-order valence-corrected chi connectivity index (χ0v) is 11.5. The maximum atomic E-state index is 12.2. The second kappa shape index (κ2) is 5.00. The number of nitrogens with zero attached hydrogens (tertiary/aromatic N) is 1. The fraction of sp³-hybridized carbons (Fsp3) is 0.444. The predicted molar refractivity (Wildman–Crippen MR) is 62.9 cm³/mol. The highest BCUT2D eigenvalue weighted by Gasteiger charge is 2.31. The Morgan fingerprint density at radius 2 is 2.00 bits per heavy atom. The van der Waals surface area contributed by atoms with Crippen molar-refractivity contribution in [2.75, 3.05) is 26.3 Å². The van der Waals surface area contributed by atoms with Crippen LogP contribution in [0.2, 0.25) is 0 Å². The molecule has 1 aromatic heterocycles. The second-order valence-corrected chi connectivity index (χ2v) is 6.20. The molecule has 18 heavy (non-hydrogen) atoms. The predicted octanol–water partition coefficient (Wildman–Crippen LogP) is 0.761. The number of hydrogen-bond acceptors (Lipinski definition) is 5. The van der Waals surface area contributed by atoms with E-state index in [9.17, 15) is 13.2 Å². The third kappa shape index (κ3) is 2.44. The first-order valence-electron chi connectivity index (χ1n) is 5.03. The smallest absolute Gasteiger partial charge is 0.371 e. The van der Waals surface area contributed by atoms with E-state index in [4.69, 9.17) is 14.3 Å². The molecule has 0 radical (unpaired) electrons. The van der Waals surface area contributed by atoms with Crippen LogP contribution in [-0.2, 0) is 14.8 Å². The first kappa shape index (κ1) is 13.5. The van der Waals surface area contributed by atoms with Crippen molar-refractivity contribution >= 4 is 31.9 Å². The van der Waals surface area contributed by atoms with Gasteiger partial charge in [-0.3, -0.25) is 0 Å². The van der Waals surface area contributed by atoms with Crippen LogP contribution in [0.3, 0.4) is 0 Å². The summed E-state index contributed by atoms with van der Waals surface area (Å²) in [6.07, 6.45) is 0. The van der Waals surface area contributed by atoms with Crippen LogP contribution in [0.1, 0.15) is 10.6 Å². The summed E-state index contributed by atoms with van der Waals surface area (Å²) >= 11 is 2.92. The first-order chi connectivity index (χ1) is 8.43. The van der Waals surface area contributed by atoms with E-state index in [0.29, 0.717) is 13.2 Å². The van der Waals surface area contributed by atoms with Crippen molar-refractivity contribution in [1.82, 2.24) is 4.31 Å². The van der Waals surface area contributed by atoms with Gasteiger partial charge in [0, 0.05) is 19.2 Å². The fourth-order valence-corrected chi connectivity index (χ4v) is 3.87. The van der Waals surface area contributed by atoms with Gasteiger partial charge >= 0.3 is 5.97 Å². The molecule has 0 bridgehead atoms. The third-order valence-corrected chi connectivity index (χ3v) is 5.21. The van der Waals surface area contributed by atoms with Gasteiger partial charge in [-0.2, -0.15) is 4.31 Å². The summed E-state index contributed by atoms with van der Waals surface area (Å²) in [4.78, 5) is 10.5. The van der Waals surface area contributed by atoms with Crippen molar-refractivity contribution in [2.24, 2.45) is 0 Å². The van der Waals surface area contributed by atoms with Crippen LogP contribution in [-0.4, -0.2) is 50.1 Å². The molecule has 2 heterocycles. The summed E-state index contributed by atoms with van der Waals surface area (Å²) in [6, 6.07) is 0.997. The van der Waals surface area contributed by atoms with Crippen molar-refractivity contribution in [3.63, 3.8) is 0 Å². The lowest BCUT2D eigenvalue weighted by molar-refractivity contribution is 0.0661. The minimum atomic E-state index is -3.76. The first-order valence-corrected chi connectivity index (χ1v) is 7.27. The average molecular weight is 340 g/mol. The average Bonchev–Trinajstić information content (AvgIpc) is 2.73. The number of rotatable bonds is 3. The summed E-state index contributed by atoms with van der Waals surface area (Å²) in [6.45, 7) is 1.12. The quantitative estimate of drug-likeness (QED) is 0.873. The van der Waals surface area contributed by atoms with Gasteiger partial charge in [-0.15, -0.1) is 0 Å². The molecule has 1 N–H and O–H groups in total. The second-order valence-electron chi connectivity index (χ2n) is 3.57. The fourth-order valence-electron chi connectivity index (χ4n) is 1.56. The zero-order chi connectivity index (χ0) is 13.3. The Labute approximate surface area is 112 Å². The minimum Gasteiger partial charge on any atom is -0.475 e. The topological polar surface area (TPSA) is 97.0 Å². The number of ether oxygens (including phenoxy) is 1. The van der Waals surface area contributed by atoms with E-state index in [2.05, 4.69) is 15.9 Å². The standard InChI is InChI=1S/C9H10BrNO6S/c10-8-7(5-6(17-8)9(12)13)18(14,15)11-1-3-16-4-2-11/h5H,1-4H2,(H,12,13). The van der Waals surface area contributed by atoms with Crippen LogP contribution in [0.5, 0.6) is 0 Å². The molecule has 0 saturated carbocycles. The van der Waals surface area contributed by atoms with Crippen LogP contribution in [0.4, 0.5) is 0 Å². The van der Waals surface area contributed by atoms with E-state index in [1.165, 1.54) is 4.31 Å². The molecule has 1 saturated heterocycles. The number of furan rings is 1. The highest BCUT2D eigenvalue weighted by molar-refractivity contribution is 9.10. The lowest BCUT2D eigenvalue weighted by Gasteiger charge is -2.25. The molecule has 0 atom stereocenters. The van der Waals surface area contributed by atoms with Gasteiger partial charge in [0.25, 0.3) is 0 Å². The Bertz CT molecular complexity index is 560. The van der Waals surface area contributed by atoms with E-state index in [-0.39, 0.29) is 22.7 Å². The molecule has 0 spiro atoms. The maximum absolute atomic E-state index is 12.2. The van der Waals surface area contributed by atoms with E-state index >= 15 is 0 Å². The molecule has 0 aliphatic carbocycles. The van der Waals surface area contributed by atoms with Gasteiger partial charge in [-0.1, -0.05) is 0 Å². The highest BCUT2D eigenvalue weighted by atomic mass is 79.9. The molecular weight excluding hydrogens is 330 g/mol. The molecule has 9 heteroatoms. The van der Waals surface area contributed by atoms with Gasteiger partial charge in [-0.05, 0) is 15.9 Å².